The maximum atomic E-state index is 10.5. The number of anilines is 1. The highest BCUT2D eigenvalue weighted by Gasteiger charge is 2.05. The Morgan fingerprint density at radius 1 is 0.893 bits per heavy atom. The molecule has 2 aromatic carbocycles. The lowest BCUT2D eigenvalue weighted by Gasteiger charge is -2.01. The molecule has 28 heavy (non-hydrogen) atoms. The number of nitro benzene ring substituents is 1. The molecule has 0 atom stereocenters. The van der Waals surface area contributed by atoms with Crippen molar-refractivity contribution in [1.82, 2.24) is 19.1 Å². The van der Waals surface area contributed by atoms with E-state index in [1.54, 1.807) is 47.9 Å². The van der Waals surface area contributed by atoms with Crippen molar-refractivity contribution in [2.75, 3.05) is 5.73 Å². The molecule has 0 aliphatic carbocycles. The summed E-state index contributed by atoms with van der Waals surface area (Å²) in [6.45, 7) is 4.00. The van der Waals surface area contributed by atoms with Crippen LogP contribution in [0.2, 0.25) is 0 Å². The lowest BCUT2D eigenvalue weighted by Crippen LogP contribution is -1.92. The zero-order valence-electron chi connectivity index (χ0n) is 15.7. The van der Waals surface area contributed by atoms with Gasteiger partial charge in [-0.2, -0.15) is 0 Å². The zero-order valence-corrected chi connectivity index (χ0v) is 15.7. The lowest BCUT2D eigenvalue weighted by molar-refractivity contribution is -0.384. The highest BCUT2D eigenvalue weighted by molar-refractivity contribution is 5.47. The van der Waals surface area contributed by atoms with Crippen molar-refractivity contribution in [3.63, 3.8) is 0 Å². The first-order valence-corrected chi connectivity index (χ1v) is 8.70. The first-order valence-electron chi connectivity index (χ1n) is 8.70. The fraction of sp³-hybridized carbons (Fsp3) is 0.100. The van der Waals surface area contributed by atoms with Crippen LogP contribution < -0.4 is 5.73 Å². The van der Waals surface area contributed by atoms with Crippen molar-refractivity contribution in [1.29, 1.82) is 0 Å². The Balaban J connectivity index is 0.000000186. The van der Waals surface area contributed by atoms with Gasteiger partial charge in [0.25, 0.3) is 5.69 Å². The van der Waals surface area contributed by atoms with E-state index in [0.29, 0.717) is 0 Å². The molecular formula is C20H22N6O2. The molecule has 0 saturated carbocycles. The molecule has 0 aliphatic heterocycles. The van der Waals surface area contributed by atoms with Crippen molar-refractivity contribution in [2.45, 2.75) is 13.8 Å². The number of aromatic nitrogens is 4. The molecule has 0 fully saturated rings. The van der Waals surface area contributed by atoms with E-state index >= 15 is 0 Å². The van der Waals surface area contributed by atoms with Gasteiger partial charge in [0, 0.05) is 48.3 Å². The number of hydrogen-bond acceptors (Lipinski definition) is 5. The third-order valence-electron chi connectivity index (χ3n) is 3.52. The molecule has 2 N–H and O–H groups in total. The standard InChI is InChI=1S/C9H7N3O2.C9H9N3.C2H6/c13-12(14)9-3-1-2-8(6-9)11-5-4-10-7-11;10-8-2-1-3-9(6-8)12-5-4-11-7-12;1-2/h1-7H;1-7H,10H2;1-2H3. The Morgan fingerprint density at radius 2 is 1.43 bits per heavy atom. The van der Waals surface area contributed by atoms with Crippen LogP contribution in [0, 0.1) is 10.1 Å². The molecule has 0 amide bonds. The summed E-state index contributed by atoms with van der Waals surface area (Å²) in [5.41, 5.74) is 8.24. The SMILES string of the molecule is CC.Nc1cccc(-n2ccnc2)c1.O=[N+]([O-])c1cccc(-n2ccnc2)c1. The van der Waals surface area contributed by atoms with Crippen LogP contribution in [0.4, 0.5) is 11.4 Å². The largest absolute Gasteiger partial charge is 0.399 e. The minimum absolute atomic E-state index is 0.0798. The molecule has 2 heterocycles. The van der Waals surface area contributed by atoms with Gasteiger partial charge in [-0.05, 0) is 24.3 Å². The first-order chi connectivity index (χ1) is 13.6. The Hall–Kier alpha value is -3.94. The number of hydrogen-bond donors (Lipinski definition) is 1. The van der Waals surface area contributed by atoms with Crippen LogP contribution in [0.1, 0.15) is 13.8 Å². The van der Waals surface area contributed by atoms with E-state index in [4.69, 9.17) is 5.73 Å². The average molecular weight is 378 g/mol. The molecule has 0 spiro atoms. The van der Waals surface area contributed by atoms with Crippen molar-refractivity contribution < 1.29 is 4.92 Å². The summed E-state index contributed by atoms with van der Waals surface area (Å²) in [6.07, 6.45) is 10.3. The van der Waals surface area contributed by atoms with Gasteiger partial charge in [0.1, 0.15) is 0 Å². The van der Waals surface area contributed by atoms with E-state index < -0.39 is 4.92 Å². The van der Waals surface area contributed by atoms with Crippen LogP contribution in [0.3, 0.4) is 0 Å². The summed E-state index contributed by atoms with van der Waals surface area (Å²) in [7, 11) is 0. The molecule has 2 aromatic heterocycles. The van der Waals surface area contributed by atoms with Crippen LogP contribution in [-0.4, -0.2) is 24.0 Å². The molecule has 4 rings (SSSR count). The Kier molecular flexibility index (Phi) is 7.47. The summed E-state index contributed by atoms with van der Waals surface area (Å²) >= 11 is 0. The zero-order chi connectivity index (χ0) is 20.4. The Morgan fingerprint density at radius 3 is 1.89 bits per heavy atom. The fourth-order valence-electron chi connectivity index (χ4n) is 2.28. The topological polar surface area (TPSA) is 105 Å². The van der Waals surface area contributed by atoms with Gasteiger partial charge in [0.15, 0.2) is 0 Å². The number of imidazole rings is 2. The molecule has 0 aliphatic rings. The molecule has 0 unspecified atom stereocenters. The minimum Gasteiger partial charge on any atom is -0.399 e. The summed E-state index contributed by atoms with van der Waals surface area (Å²) in [5, 5.41) is 10.5. The maximum Gasteiger partial charge on any atom is 0.271 e. The van der Waals surface area contributed by atoms with E-state index in [1.807, 2.05) is 48.9 Å². The van der Waals surface area contributed by atoms with Crippen molar-refractivity contribution in [2.24, 2.45) is 0 Å². The Bertz CT molecular complexity index is 982. The Labute approximate surface area is 163 Å². The molecule has 0 bridgehead atoms. The van der Waals surface area contributed by atoms with Crippen LogP contribution in [0.25, 0.3) is 11.4 Å². The van der Waals surface area contributed by atoms with E-state index in [2.05, 4.69) is 9.97 Å². The number of nitrogens with zero attached hydrogens (tertiary/aromatic N) is 5. The summed E-state index contributed by atoms with van der Waals surface area (Å²) in [5.74, 6) is 0. The quantitative estimate of drug-likeness (QED) is 0.326. The molecular weight excluding hydrogens is 356 g/mol. The van der Waals surface area contributed by atoms with Gasteiger partial charge in [-0.15, -0.1) is 0 Å². The van der Waals surface area contributed by atoms with Crippen LogP contribution in [0.15, 0.2) is 86.0 Å². The van der Waals surface area contributed by atoms with E-state index in [-0.39, 0.29) is 5.69 Å². The monoisotopic (exact) mass is 378 g/mol. The highest BCUT2D eigenvalue weighted by atomic mass is 16.6. The van der Waals surface area contributed by atoms with Gasteiger partial charge in [0.2, 0.25) is 0 Å². The normalized spacial score (nSPS) is 9.50. The first kappa shape index (κ1) is 20.4. The van der Waals surface area contributed by atoms with Crippen LogP contribution >= 0.6 is 0 Å². The van der Waals surface area contributed by atoms with Gasteiger partial charge >= 0.3 is 0 Å². The van der Waals surface area contributed by atoms with Crippen LogP contribution in [0.5, 0.6) is 0 Å². The summed E-state index contributed by atoms with van der Waals surface area (Å²) < 4.78 is 3.63. The predicted octanol–water partition coefficient (Wildman–Crippen LogP) is 4.26. The number of nitrogens with two attached hydrogens (primary N) is 1. The highest BCUT2D eigenvalue weighted by Crippen LogP contribution is 2.16. The van der Waals surface area contributed by atoms with Crippen molar-refractivity contribution >= 4 is 11.4 Å². The van der Waals surface area contributed by atoms with E-state index in [1.165, 1.54) is 12.1 Å². The number of nitro groups is 1. The van der Waals surface area contributed by atoms with Crippen LogP contribution in [-0.2, 0) is 0 Å². The number of rotatable bonds is 3. The third kappa shape index (κ3) is 5.53. The molecule has 0 saturated heterocycles. The third-order valence-corrected chi connectivity index (χ3v) is 3.52. The van der Waals surface area contributed by atoms with E-state index in [0.717, 1.165) is 17.1 Å². The molecule has 0 radical (unpaired) electrons. The van der Waals surface area contributed by atoms with Crippen molar-refractivity contribution in [3.8, 4) is 11.4 Å². The second kappa shape index (κ2) is 10.3. The van der Waals surface area contributed by atoms with Gasteiger partial charge < -0.3 is 14.9 Å². The van der Waals surface area contributed by atoms with E-state index in [9.17, 15) is 10.1 Å². The van der Waals surface area contributed by atoms with Gasteiger partial charge in [-0.1, -0.05) is 26.0 Å². The molecule has 8 heteroatoms. The number of benzene rings is 2. The lowest BCUT2D eigenvalue weighted by atomic mass is 10.3. The van der Waals surface area contributed by atoms with Crippen molar-refractivity contribution in [3.05, 3.63) is 96.1 Å². The smallest absolute Gasteiger partial charge is 0.271 e. The number of non-ortho nitro benzene ring substituents is 1. The molecule has 4 aromatic rings. The van der Waals surface area contributed by atoms with Gasteiger partial charge in [-0.3, -0.25) is 10.1 Å². The fourth-order valence-corrected chi connectivity index (χ4v) is 2.28. The van der Waals surface area contributed by atoms with Gasteiger partial charge in [-0.25, -0.2) is 9.97 Å². The second-order valence-corrected chi connectivity index (χ2v) is 5.31. The molecule has 8 nitrogen and oxygen atoms in total. The molecule has 144 valence electrons. The number of nitrogen functional groups attached to an aromatic ring is 1. The van der Waals surface area contributed by atoms with Gasteiger partial charge in [0.05, 0.1) is 23.3 Å². The second-order valence-electron chi connectivity index (χ2n) is 5.31. The summed E-state index contributed by atoms with van der Waals surface area (Å²) in [6, 6.07) is 14.1. The maximum absolute atomic E-state index is 10.5. The minimum atomic E-state index is -0.416. The summed E-state index contributed by atoms with van der Waals surface area (Å²) in [4.78, 5) is 17.9. The average Bonchev–Trinajstić information content (AvgIpc) is 3.44. The predicted molar refractivity (Wildman–Crippen MR) is 110 cm³/mol.